The van der Waals surface area contributed by atoms with Gasteiger partial charge < -0.3 is 77.5 Å². The van der Waals surface area contributed by atoms with Crippen molar-refractivity contribution in [3.05, 3.63) is 96.1 Å². The lowest BCUT2D eigenvalue weighted by molar-refractivity contribution is -0.144. The molecule has 0 aromatic heterocycles. The van der Waals surface area contributed by atoms with Gasteiger partial charge in [0.25, 0.3) is 11.8 Å². The summed E-state index contributed by atoms with van der Waals surface area (Å²) in [6, 6.07) is 8.04. The van der Waals surface area contributed by atoms with Gasteiger partial charge in [-0.3, -0.25) is 33.6 Å². The number of nitrogens with zero attached hydrogens (tertiary/aromatic N) is 2. The number of fused-ring (bicyclic) bond motifs is 4. The number of carbonyl (C=O) groups is 11. The van der Waals surface area contributed by atoms with Gasteiger partial charge in [0.1, 0.15) is 37.4 Å². The van der Waals surface area contributed by atoms with Crippen molar-refractivity contribution in [1.29, 1.82) is 0 Å². The number of aliphatic hydroxyl groups excluding tert-OH is 1. The predicted molar refractivity (Wildman–Crippen MR) is 395 cm³/mol. The van der Waals surface area contributed by atoms with E-state index in [0.29, 0.717) is 71.1 Å². The van der Waals surface area contributed by atoms with Crippen LogP contribution in [0.4, 0.5) is 19.2 Å². The van der Waals surface area contributed by atoms with Gasteiger partial charge in [0, 0.05) is 39.3 Å². The van der Waals surface area contributed by atoms with E-state index in [1.54, 1.807) is 23.6 Å². The second kappa shape index (κ2) is 36.0. The minimum Gasteiger partial charge on any atom is -0.447 e. The molecule has 0 radical (unpaired) electrons. The van der Waals surface area contributed by atoms with Crippen molar-refractivity contribution in [2.75, 3.05) is 52.5 Å². The first-order chi connectivity index (χ1) is 49.1. The largest absolute Gasteiger partial charge is 0.447 e. The summed E-state index contributed by atoms with van der Waals surface area (Å²) in [6.07, 6.45) is 6.11. The van der Waals surface area contributed by atoms with Gasteiger partial charge in [0.05, 0.1) is 24.2 Å². The minimum absolute atomic E-state index is 0.0554. The summed E-state index contributed by atoms with van der Waals surface area (Å²) in [5.74, 6) is -4.46. The van der Waals surface area contributed by atoms with Crippen molar-refractivity contribution >= 4 is 65.5 Å². The van der Waals surface area contributed by atoms with Gasteiger partial charge in [-0.2, -0.15) is 0 Å². The molecule has 0 spiro atoms. The number of hydrogen-bond donors (Lipinski definition) is 11. The number of Topliss-reactive ketones (excluding diaryl/α,β-unsaturated/α-hetero) is 1. The number of amides is 12. The molecule has 2 heterocycles. The first kappa shape index (κ1) is 82.7. The third-order valence-corrected chi connectivity index (χ3v) is 22.2. The highest BCUT2D eigenvalue weighted by molar-refractivity contribution is 6.38. The molecule has 26 heteroatoms. The molecule has 3 unspecified atom stereocenters. The van der Waals surface area contributed by atoms with Crippen molar-refractivity contribution in [3.63, 3.8) is 0 Å². The lowest BCUT2D eigenvalue weighted by atomic mass is 9.87. The van der Waals surface area contributed by atoms with E-state index in [4.69, 9.17) is 9.47 Å². The number of alkyl carbamates (subject to hydrolysis) is 2. The van der Waals surface area contributed by atoms with Crippen molar-refractivity contribution < 1.29 is 67.3 Å². The van der Waals surface area contributed by atoms with Gasteiger partial charge in [-0.1, -0.05) is 169 Å². The molecule has 2 saturated carbocycles. The van der Waals surface area contributed by atoms with Crippen LogP contribution in [0.3, 0.4) is 0 Å². The van der Waals surface area contributed by atoms with Crippen molar-refractivity contribution in [3.8, 4) is 0 Å². The Balaban J connectivity index is 0.000000291. The SMILES string of the molecule is C=CCNC(=O)C(=O)C(CCCC)NC(=O)[C@@H]1[C@@H]2[C@H](CN1C(=O)[C@@H](NC(=O)N[C@H](COC(=O)NCC)C(C)(C)C)C1Cc3ccccc3C1)C2(C)C.C=CCNC(=O)C(O)C(CCCC)NC(=O)[C@@H]1[C@@H]2[C@H](CN1C(=O)[C@@H](NC(=O)N[C@H](COC(=O)NCC)C(C)(C)C)C1Cc3ccccc3C1)C2(C)C. The molecular weight excluding hydrogens is 1330 g/mol. The van der Waals surface area contributed by atoms with E-state index < -0.39 is 119 Å². The van der Waals surface area contributed by atoms with E-state index in [1.807, 2.05) is 104 Å². The maximum absolute atomic E-state index is 14.8. The van der Waals surface area contributed by atoms with Crippen LogP contribution in [0.5, 0.6) is 0 Å². The molecule has 6 aliphatic rings. The summed E-state index contributed by atoms with van der Waals surface area (Å²) in [7, 11) is 0. The van der Waals surface area contributed by atoms with Crippen LogP contribution in [0, 0.1) is 57.2 Å². The molecule has 2 aliphatic heterocycles. The number of ether oxygens (including phenoxy) is 2. The first-order valence-electron chi connectivity index (χ1n) is 37.4. The fourth-order valence-electron chi connectivity index (χ4n) is 15.6. The van der Waals surface area contributed by atoms with E-state index in [1.165, 1.54) is 12.2 Å². The molecule has 2 aromatic carbocycles. The highest BCUT2D eigenvalue weighted by atomic mass is 16.6. The number of rotatable bonds is 32. The molecule has 4 fully saturated rings. The number of nitrogens with one attached hydrogen (secondary N) is 10. The number of aliphatic hydroxyl groups is 1. The topological polar surface area (TPSA) is 353 Å². The summed E-state index contributed by atoms with van der Waals surface area (Å²) >= 11 is 0. The van der Waals surface area contributed by atoms with E-state index in [-0.39, 0.29) is 90.9 Å². The zero-order chi connectivity index (χ0) is 76.8. The van der Waals surface area contributed by atoms with E-state index >= 15 is 0 Å². The monoisotopic (exact) mass is 1450 g/mol. The predicted octanol–water partition coefficient (Wildman–Crippen LogP) is 6.31. The van der Waals surface area contributed by atoms with Crippen LogP contribution in [-0.2, 0) is 68.7 Å². The summed E-state index contributed by atoms with van der Waals surface area (Å²) < 4.78 is 10.7. The van der Waals surface area contributed by atoms with Crippen LogP contribution in [-0.4, -0.2) is 187 Å². The Morgan fingerprint density at radius 3 is 1.31 bits per heavy atom. The fourth-order valence-corrected chi connectivity index (χ4v) is 15.6. The average Bonchev–Trinajstić information content (AvgIpc) is 1.53. The van der Waals surface area contributed by atoms with Crippen molar-refractivity contribution in [1.82, 2.24) is 63.0 Å². The van der Waals surface area contributed by atoms with Gasteiger partial charge in [-0.25, -0.2) is 19.2 Å². The summed E-state index contributed by atoms with van der Waals surface area (Å²) in [4.78, 5) is 151. The molecule has 574 valence electrons. The Labute approximate surface area is 614 Å². The number of ketones is 1. The Hall–Kier alpha value is -8.55. The Bertz CT molecular complexity index is 3390. The van der Waals surface area contributed by atoms with Gasteiger partial charge >= 0.3 is 24.2 Å². The molecular formula is C78H118N12O14. The highest BCUT2D eigenvalue weighted by Crippen LogP contribution is 2.66. The molecule has 104 heavy (non-hydrogen) atoms. The maximum atomic E-state index is 14.8. The quantitative estimate of drug-likeness (QED) is 0.0283. The van der Waals surface area contributed by atoms with Crippen molar-refractivity contribution in [2.24, 2.45) is 57.2 Å². The van der Waals surface area contributed by atoms with Gasteiger partial charge in [0.2, 0.25) is 29.4 Å². The molecule has 4 aliphatic carbocycles. The fraction of sp³-hybridized carbons (Fsp3) is 0.654. The Morgan fingerprint density at radius 1 is 0.548 bits per heavy atom. The van der Waals surface area contributed by atoms with Crippen LogP contribution in [0.1, 0.15) is 158 Å². The van der Waals surface area contributed by atoms with Crippen LogP contribution in [0.15, 0.2) is 73.8 Å². The second-order valence-electron chi connectivity index (χ2n) is 32.2. The lowest BCUT2D eigenvalue weighted by Crippen LogP contribution is -2.61. The molecule has 12 amide bonds. The number of urea groups is 2. The van der Waals surface area contributed by atoms with Crippen LogP contribution in [0.2, 0.25) is 0 Å². The molecule has 11 N–H and O–H groups in total. The van der Waals surface area contributed by atoms with Crippen LogP contribution in [0.25, 0.3) is 0 Å². The van der Waals surface area contributed by atoms with Crippen LogP contribution >= 0.6 is 0 Å². The number of unbranched alkanes of at least 4 members (excludes halogenated alkanes) is 2. The molecule has 26 nitrogen and oxygen atoms in total. The highest BCUT2D eigenvalue weighted by Gasteiger charge is 2.71. The zero-order valence-corrected chi connectivity index (χ0v) is 63.7. The first-order valence-corrected chi connectivity index (χ1v) is 37.4. The number of benzene rings is 2. The van der Waals surface area contributed by atoms with E-state index in [2.05, 4.69) is 94.0 Å². The summed E-state index contributed by atoms with van der Waals surface area (Å²) in [5.41, 5.74) is 3.04. The Morgan fingerprint density at radius 2 is 0.933 bits per heavy atom. The summed E-state index contributed by atoms with van der Waals surface area (Å²) in [6.45, 7) is 36.1. The van der Waals surface area contributed by atoms with Gasteiger partial charge in [0.15, 0.2) is 6.10 Å². The number of hydrogen-bond acceptors (Lipinski definition) is 14. The van der Waals surface area contributed by atoms with E-state index in [0.717, 1.165) is 35.1 Å². The van der Waals surface area contributed by atoms with Crippen LogP contribution < -0.4 is 53.2 Å². The number of carbonyl (C=O) groups excluding carboxylic acids is 11. The zero-order valence-electron chi connectivity index (χ0n) is 63.7. The number of likely N-dealkylation sites (tertiary alicyclic amines) is 2. The smallest absolute Gasteiger partial charge is 0.407 e. The molecule has 2 saturated heterocycles. The molecule has 13 atom stereocenters. The average molecular weight is 1450 g/mol. The minimum atomic E-state index is -1.48. The molecule has 0 bridgehead atoms. The van der Waals surface area contributed by atoms with E-state index in [9.17, 15) is 57.8 Å². The normalized spacial score (nSPS) is 22.1. The van der Waals surface area contributed by atoms with Gasteiger partial charge in [-0.05, 0) is 132 Å². The molecule has 8 rings (SSSR count). The lowest BCUT2D eigenvalue weighted by Gasteiger charge is -2.36. The Kier molecular flexibility index (Phi) is 28.6. The molecule has 2 aromatic rings. The van der Waals surface area contributed by atoms with Gasteiger partial charge in [-0.15, -0.1) is 13.2 Å². The third kappa shape index (κ3) is 20.5. The second-order valence-corrected chi connectivity index (χ2v) is 32.2. The summed E-state index contributed by atoms with van der Waals surface area (Å²) in [5, 5.41) is 38.9. The van der Waals surface area contributed by atoms with Crippen molar-refractivity contribution in [2.45, 2.75) is 216 Å². The standard InChI is InChI=1S/C39H60N6O7.C39H58N6O7/c2*1-9-12-17-27(32(46)34(48)41-18-10-2)42-33(47)31-29-26(39(29,7)8)21-45(31)35(49)30(25-19-23-15-13-14-16-24(23)20-25)44-36(50)43-28(38(4,5)6)22-52-37(51)40-11-3/h10,13-16,25-32,46H,2,9,11-12,17-22H2,1,3-8H3,(H,40,51)(H,41,48)(H,42,47)(H2,43,44,50);10,13-16,25-31H,2,9,11-12,17-22H2,1,3-8H3,(H,40,51)(H,41,48)(H,42,47)(H2,43,44,50)/t26-,27?,28+,29-,30-,31-,32?;26-,27?,28+,29-,30-,31-/m00/s1. The maximum Gasteiger partial charge on any atom is 0.407 e. The third-order valence-electron chi connectivity index (χ3n) is 22.2. The number of piperidine rings is 2.